The van der Waals surface area contributed by atoms with Gasteiger partial charge in [0.2, 0.25) is 0 Å². The van der Waals surface area contributed by atoms with Crippen molar-refractivity contribution >= 4 is 23.4 Å². The number of alkyl halides is 6. The minimum Gasteiger partial charge on any atom is -0.444 e. The highest BCUT2D eigenvalue weighted by Gasteiger charge is 2.38. The highest BCUT2D eigenvalue weighted by Crippen LogP contribution is 2.35. The van der Waals surface area contributed by atoms with E-state index in [1.54, 1.807) is 20.8 Å². The van der Waals surface area contributed by atoms with E-state index in [9.17, 15) is 31.1 Å². The minimum absolute atomic E-state index is 0.137. The van der Waals surface area contributed by atoms with Gasteiger partial charge in [0, 0.05) is 35.9 Å². The van der Waals surface area contributed by atoms with Crippen molar-refractivity contribution in [1.29, 1.82) is 10.5 Å². The summed E-state index contributed by atoms with van der Waals surface area (Å²) in [6.45, 7) is 4.73. The molecule has 0 aromatic carbocycles. The van der Waals surface area contributed by atoms with Gasteiger partial charge >= 0.3 is 18.4 Å². The molecule has 0 unspecified atom stereocenters. The van der Waals surface area contributed by atoms with E-state index in [4.69, 9.17) is 26.9 Å². The number of halogens is 7. The third-order valence-corrected chi connectivity index (χ3v) is 5.23. The van der Waals surface area contributed by atoms with Crippen molar-refractivity contribution in [2.75, 3.05) is 5.32 Å². The van der Waals surface area contributed by atoms with Gasteiger partial charge in [0.05, 0.1) is 34.2 Å². The van der Waals surface area contributed by atoms with E-state index in [1.165, 1.54) is 36.9 Å². The fourth-order valence-corrected chi connectivity index (χ4v) is 3.39. The maximum atomic E-state index is 13.3. The van der Waals surface area contributed by atoms with E-state index in [0.29, 0.717) is 0 Å². The molecule has 0 aliphatic carbocycles. The zero-order chi connectivity index (χ0) is 33.6. The molecule has 0 radical (unpaired) electrons. The highest BCUT2D eigenvalue weighted by molar-refractivity contribution is 6.31. The summed E-state index contributed by atoms with van der Waals surface area (Å²) in [6, 6.07) is 6.31. The van der Waals surface area contributed by atoms with Gasteiger partial charge in [-0.15, -0.1) is 0 Å². The molecule has 0 aliphatic heterocycles. The van der Waals surface area contributed by atoms with Crippen LogP contribution in [0.5, 0.6) is 0 Å². The van der Waals surface area contributed by atoms with Crippen LogP contribution in [0.2, 0.25) is 5.02 Å². The van der Waals surface area contributed by atoms with Crippen molar-refractivity contribution in [2.24, 2.45) is 0 Å². The van der Waals surface area contributed by atoms with Crippen molar-refractivity contribution in [3.63, 3.8) is 0 Å². The van der Waals surface area contributed by atoms with Crippen LogP contribution in [-0.4, -0.2) is 41.6 Å². The number of carbonyl (C=O) groups is 1. The van der Waals surface area contributed by atoms with E-state index in [2.05, 4.69) is 29.9 Å². The molecule has 232 valence electrons. The minimum atomic E-state index is -4.84. The molecule has 4 heterocycles. The molecule has 0 saturated carbocycles. The van der Waals surface area contributed by atoms with Gasteiger partial charge in [0.15, 0.2) is 23.0 Å². The molecule has 0 spiro atoms. The molecule has 0 saturated heterocycles. The van der Waals surface area contributed by atoms with Crippen LogP contribution < -0.4 is 5.32 Å². The topological polar surface area (TPSA) is 163 Å². The van der Waals surface area contributed by atoms with Crippen molar-refractivity contribution in [3.8, 4) is 34.9 Å². The SMILES string of the molecule is CC(C)(C)OC(=O)Nc1cnc(-c2cncc(C#N)c2)nc1C(F)(F)F.N#Cc1cncc(-c2ncc(Cl)c(C(F)(F)F)n2)c1. The first-order valence-electron chi connectivity index (χ1n) is 12.2. The Morgan fingerprint density at radius 1 is 0.778 bits per heavy atom. The molecule has 0 fully saturated rings. The zero-order valence-electron chi connectivity index (χ0n) is 23.2. The van der Waals surface area contributed by atoms with E-state index in [1.807, 2.05) is 17.5 Å². The lowest BCUT2D eigenvalue weighted by Crippen LogP contribution is -2.28. The number of amides is 1. The summed E-state index contributed by atoms with van der Waals surface area (Å²) in [5.74, 6) is -0.474. The second kappa shape index (κ2) is 13.5. The Labute approximate surface area is 255 Å². The average Bonchev–Trinajstić information content (AvgIpc) is 2.96. The summed E-state index contributed by atoms with van der Waals surface area (Å²) in [6.07, 6.45) is -3.84. The smallest absolute Gasteiger partial charge is 0.435 e. The highest BCUT2D eigenvalue weighted by atomic mass is 35.5. The summed E-state index contributed by atoms with van der Waals surface area (Å²) >= 11 is 5.41. The Kier molecular flexibility index (Phi) is 10.2. The first kappa shape index (κ1) is 34.1. The Morgan fingerprint density at radius 3 is 1.69 bits per heavy atom. The number of hydrogen-bond donors (Lipinski definition) is 1. The summed E-state index contributed by atoms with van der Waals surface area (Å²) in [7, 11) is 0. The number of anilines is 1. The number of carbonyl (C=O) groups excluding carboxylic acids is 1. The van der Waals surface area contributed by atoms with Gasteiger partial charge in [-0.05, 0) is 32.9 Å². The van der Waals surface area contributed by atoms with Gasteiger partial charge in [-0.1, -0.05) is 11.6 Å². The average molecular weight is 650 g/mol. The number of nitriles is 2. The third kappa shape index (κ3) is 9.54. The summed E-state index contributed by atoms with van der Waals surface area (Å²) in [4.78, 5) is 33.6. The lowest BCUT2D eigenvalue weighted by Gasteiger charge is -2.20. The predicted molar refractivity (Wildman–Crippen MR) is 145 cm³/mol. The maximum Gasteiger partial charge on any atom is 0.435 e. The van der Waals surface area contributed by atoms with E-state index in [0.717, 1.165) is 12.4 Å². The number of pyridine rings is 2. The zero-order valence-corrected chi connectivity index (χ0v) is 23.9. The molecule has 11 nitrogen and oxygen atoms in total. The van der Waals surface area contributed by atoms with Gasteiger partial charge in [-0.3, -0.25) is 15.3 Å². The van der Waals surface area contributed by atoms with Gasteiger partial charge in [-0.2, -0.15) is 36.9 Å². The van der Waals surface area contributed by atoms with Gasteiger partial charge in [-0.25, -0.2) is 24.7 Å². The van der Waals surface area contributed by atoms with Crippen LogP contribution in [0.4, 0.5) is 36.8 Å². The van der Waals surface area contributed by atoms with Crippen LogP contribution in [0.1, 0.15) is 43.3 Å². The molecule has 18 heteroatoms. The van der Waals surface area contributed by atoms with Crippen LogP contribution in [0.25, 0.3) is 22.8 Å². The van der Waals surface area contributed by atoms with Crippen LogP contribution in [0.15, 0.2) is 49.3 Å². The fraction of sp³-hybridized carbons (Fsp3) is 0.222. The number of nitrogens with zero attached hydrogens (tertiary/aromatic N) is 8. The Morgan fingerprint density at radius 2 is 1.24 bits per heavy atom. The van der Waals surface area contributed by atoms with Crippen molar-refractivity contribution in [2.45, 2.75) is 38.7 Å². The molecular formula is C27H18ClF6N9O2. The first-order chi connectivity index (χ1) is 20.9. The van der Waals surface area contributed by atoms with Crippen molar-refractivity contribution in [3.05, 3.63) is 76.9 Å². The van der Waals surface area contributed by atoms with Gasteiger partial charge in [0.25, 0.3) is 0 Å². The molecule has 1 N–H and O–H groups in total. The first-order valence-corrected chi connectivity index (χ1v) is 12.5. The van der Waals surface area contributed by atoms with Gasteiger partial charge < -0.3 is 4.74 Å². The number of nitrogens with one attached hydrogen (secondary N) is 1. The lowest BCUT2D eigenvalue weighted by molar-refractivity contribution is -0.141. The van der Waals surface area contributed by atoms with Crippen LogP contribution in [0.3, 0.4) is 0 Å². The molecule has 0 bridgehead atoms. The summed E-state index contributed by atoms with van der Waals surface area (Å²) in [5, 5.41) is 19.0. The fourth-order valence-electron chi connectivity index (χ4n) is 3.19. The molecule has 0 atom stereocenters. The number of aromatic nitrogens is 6. The molecule has 4 aromatic heterocycles. The predicted octanol–water partition coefficient (Wildman–Crippen LogP) is 6.86. The summed E-state index contributed by atoms with van der Waals surface area (Å²) < 4.78 is 82.9. The second-order valence-corrected chi connectivity index (χ2v) is 10.0. The quantitative estimate of drug-likeness (QED) is 0.232. The largest absolute Gasteiger partial charge is 0.444 e. The van der Waals surface area contributed by atoms with Crippen molar-refractivity contribution < 1.29 is 35.9 Å². The number of ether oxygens (including phenoxy) is 1. The van der Waals surface area contributed by atoms with Crippen LogP contribution in [-0.2, 0) is 17.1 Å². The van der Waals surface area contributed by atoms with Crippen LogP contribution >= 0.6 is 11.6 Å². The Hall–Kier alpha value is -5.42. The molecule has 1 amide bonds. The molecular weight excluding hydrogens is 632 g/mol. The molecule has 4 aromatic rings. The number of hydrogen-bond acceptors (Lipinski definition) is 10. The van der Waals surface area contributed by atoms with Crippen LogP contribution in [0, 0.1) is 22.7 Å². The normalized spacial score (nSPS) is 11.4. The van der Waals surface area contributed by atoms with Crippen molar-refractivity contribution in [1.82, 2.24) is 29.9 Å². The molecule has 4 rings (SSSR count). The monoisotopic (exact) mass is 649 g/mol. The molecule has 0 aliphatic rings. The Bertz CT molecular complexity index is 1800. The summed E-state index contributed by atoms with van der Waals surface area (Å²) in [5.41, 5.74) is -3.39. The number of rotatable bonds is 3. The van der Waals surface area contributed by atoms with E-state index < -0.39 is 46.1 Å². The maximum absolute atomic E-state index is 13.3. The van der Waals surface area contributed by atoms with E-state index >= 15 is 0 Å². The lowest BCUT2D eigenvalue weighted by atomic mass is 10.2. The molecule has 45 heavy (non-hydrogen) atoms. The Balaban J connectivity index is 0.000000257. The van der Waals surface area contributed by atoms with Gasteiger partial charge in [0.1, 0.15) is 17.7 Å². The van der Waals surface area contributed by atoms with E-state index in [-0.39, 0.29) is 33.9 Å². The standard InChI is InChI=1S/C16H14F3N5O2.C11H4ClF3N4/c1-15(2,3)26-14(25)23-11-8-22-13(24-12(11)16(17,18)19)10-4-9(5-20)6-21-7-10;12-8-5-18-10(19-9(8)11(13,14)15)7-1-6(2-16)3-17-4-7/h4,6-8H,1-3H3,(H,23,25);1,3-5H. The third-order valence-electron chi connectivity index (χ3n) is 4.96. The second-order valence-electron chi connectivity index (χ2n) is 9.62.